The first kappa shape index (κ1) is 12.0. The predicted molar refractivity (Wildman–Crippen MR) is 66.8 cm³/mol. The fourth-order valence-corrected chi connectivity index (χ4v) is 2.92. The molecule has 1 saturated heterocycles. The zero-order valence-corrected chi connectivity index (χ0v) is 10.7. The van der Waals surface area contributed by atoms with E-state index in [9.17, 15) is 0 Å². The SMILES string of the molecule is CCC(C)C1NC2CCCCCN=NC1C2. The van der Waals surface area contributed by atoms with Gasteiger partial charge in [-0.15, -0.1) is 0 Å². The van der Waals surface area contributed by atoms with Gasteiger partial charge in [-0.1, -0.05) is 33.1 Å². The van der Waals surface area contributed by atoms with Gasteiger partial charge in [-0.3, -0.25) is 0 Å². The molecule has 0 aromatic carbocycles. The van der Waals surface area contributed by atoms with E-state index >= 15 is 0 Å². The second-order valence-electron chi connectivity index (χ2n) is 5.41. The largest absolute Gasteiger partial charge is 0.309 e. The predicted octanol–water partition coefficient (Wildman–Crippen LogP) is 3.16. The molecule has 0 aliphatic carbocycles. The molecule has 92 valence electrons. The average molecular weight is 223 g/mol. The minimum absolute atomic E-state index is 0.443. The highest BCUT2D eigenvalue weighted by Gasteiger charge is 2.36. The van der Waals surface area contributed by atoms with Crippen LogP contribution in [0.4, 0.5) is 0 Å². The van der Waals surface area contributed by atoms with Crippen molar-refractivity contribution >= 4 is 0 Å². The highest BCUT2D eigenvalue weighted by molar-refractivity contribution is 4.97. The van der Waals surface area contributed by atoms with Gasteiger partial charge in [0, 0.05) is 12.1 Å². The third-order valence-corrected chi connectivity index (χ3v) is 4.17. The summed E-state index contributed by atoms with van der Waals surface area (Å²) in [6.45, 7) is 5.54. The van der Waals surface area contributed by atoms with Gasteiger partial charge in [-0.25, -0.2) is 0 Å². The number of rotatable bonds is 2. The van der Waals surface area contributed by atoms with Gasteiger partial charge in [-0.05, 0) is 25.2 Å². The first-order valence-electron chi connectivity index (χ1n) is 6.94. The van der Waals surface area contributed by atoms with E-state index in [1.165, 1.54) is 38.5 Å². The minimum Gasteiger partial charge on any atom is -0.309 e. The smallest absolute Gasteiger partial charge is 0.0878 e. The van der Waals surface area contributed by atoms with Crippen molar-refractivity contribution in [1.82, 2.24) is 5.32 Å². The van der Waals surface area contributed by atoms with Crippen LogP contribution in [0.2, 0.25) is 0 Å². The fraction of sp³-hybridized carbons (Fsp3) is 1.00. The average Bonchev–Trinajstić information content (AvgIpc) is 2.69. The Balaban J connectivity index is 2.03. The van der Waals surface area contributed by atoms with Crippen molar-refractivity contribution in [3.63, 3.8) is 0 Å². The molecule has 1 N–H and O–H groups in total. The summed E-state index contributed by atoms with van der Waals surface area (Å²) in [6, 6.07) is 1.70. The molecule has 2 rings (SSSR count). The molecule has 16 heavy (non-hydrogen) atoms. The molecule has 4 unspecified atom stereocenters. The molecule has 2 bridgehead atoms. The highest BCUT2D eigenvalue weighted by atomic mass is 15.2. The van der Waals surface area contributed by atoms with E-state index in [0.29, 0.717) is 18.1 Å². The first-order valence-corrected chi connectivity index (χ1v) is 6.94. The molecule has 2 aliphatic rings. The third kappa shape index (κ3) is 2.82. The van der Waals surface area contributed by atoms with Crippen LogP contribution < -0.4 is 5.32 Å². The second kappa shape index (κ2) is 5.76. The second-order valence-corrected chi connectivity index (χ2v) is 5.41. The molecule has 1 fully saturated rings. The molecule has 4 atom stereocenters. The summed E-state index contributed by atoms with van der Waals surface area (Å²) in [7, 11) is 0. The van der Waals surface area contributed by atoms with Gasteiger partial charge in [-0.2, -0.15) is 10.2 Å². The van der Waals surface area contributed by atoms with Crippen molar-refractivity contribution in [2.24, 2.45) is 16.1 Å². The monoisotopic (exact) mass is 223 g/mol. The van der Waals surface area contributed by atoms with Crippen LogP contribution in [0.25, 0.3) is 0 Å². The number of hydrogen-bond acceptors (Lipinski definition) is 3. The Hall–Kier alpha value is -0.440. The van der Waals surface area contributed by atoms with Gasteiger partial charge in [0.15, 0.2) is 0 Å². The van der Waals surface area contributed by atoms with Crippen molar-refractivity contribution in [3.8, 4) is 0 Å². The molecule has 2 heterocycles. The van der Waals surface area contributed by atoms with Crippen molar-refractivity contribution in [2.45, 2.75) is 70.5 Å². The van der Waals surface area contributed by atoms with E-state index in [1.807, 2.05) is 0 Å². The summed E-state index contributed by atoms with van der Waals surface area (Å²) in [5.41, 5.74) is 0. The number of nitrogens with zero attached hydrogens (tertiary/aromatic N) is 2. The van der Waals surface area contributed by atoms with Crippen LogP contribution in [0.15, 0.2) is 10.2 Å². The first-order chi connectivity index (χ1) is 7.81. The Kier molecular flexibility index (Phi) is 4.33. The van der Waals surface area contributed by atoms with Crippen LogP contribution in [0, 0.1) is 5.92 Å². The normalized spacial score (nSPS) is 37.2. The quantitative estimate of drug-likeness (QED) is 0.767. The van der Waals surface area contributed by atoms with Crippen molar-refractivity contribution in [2.75, 3.05) is 6.54 Å². The van der Waals surface area contributed by atoms with Gasteiger partial charge in [0.25, 0.3) is 0 Å². The Labute approximate surface area is 99.1 Å². The molecule has 0 amide bonds. The fourth-order valence-electron chi connectivity index (χ4n) is 2.92. The van der Waals surface area contributed by atoms with Gasteiger partial charge < -0.3 is 5.32 Å². The van der Waals surface area contributed by atoms with E-state index in [1.54, 1.807) is 0 Å². The number of azo groups is 1. The lowest BCUT2D eigenvalue weighted by Crippen LogP contribution is -2.37. The standard InChI is InChI=1S/C13H25N3/c1-3-10(2)13-12-9-11(15-13)7-5-4-6-8-14-16-12/h10-13,15H,3-9H2,1-2H3. The van der Waals surface area contributed by atoms with Crippen LogP contribution in [0.3, 0.4) is 0 Å². The summed E-state index contributed by atoms with van der Waals surface area (Å²) in [6.07, 6.45) is 7.66. The maximum Gasteiger partial charge on any atom is 0.0878 e. The Morgan fingerprint density at radius 1 is 1.31 bits per heavy atom. The zero-order valence-electron chi connectivity index (χ0n) is 10.7. The van der Waals surface area contributed by atoms with E-state index in [4.69, 9.17) is 0 Å². The molecule has 0 spiro atoms. The van der Waals surface area contributed by atoms with E-state index in [2.05, 4.69) is 29.4 Å². The lowest BCUT2D eigenvalue weighted by molar-refractivity contribution is 0.363. The van der Waals surface area contributed by atoms with Gasteiger partial charge in [0.2, 0.25) is 0 Å². The van der Waals surface area contributed by atoms with Crippen molar-refractivity contribution in [1.29, 1.82) is 0 Å². The molecule has 2 aliphatic heterocycles. The molecular weight excluding hydrogens is 198 g/mol. The van der Waals surface area contributed by atoms with Crippen LogP contribution in [0.5, 0.6) is 0 Å². The van der Waals surface area contributed by atoms with Gasteiger partial charge in [0.05, 0.1) is 12.6 Å². The number of hydrogen-bond donors (Lipinski definition) is 1. The summed E-state index contributed by atoms with van der Waals surface area (Å²) >= 11 is 0. The van der Waals surface area contributed by atoms with E-state index in [-0.39, 0.29) is 0 Å². The Bertz CT molecular complexity index is 239. The molecule has 0 saturated carbocycles. The van der Waals surface area contributed by atoms with Crippen molar-refractivity contribution < 1.29 is 0 Å². The minimum atomic E-state index is 0.443. The summed E-state index contributed by atoms with van der Waals surface area (Å²) in [5, 5.41) is 12.7. The highest BCUT2D eigenvalue weighted by Crippen LogP contribution is 2.27. The lowest BCUT2D eigenvalue weighted by atomic mass is 9.94. The summed E-state index contributed by atoms with van der Waals surface area (Å²) in [5.74, 6) is 0.717. The van der Waals surface area contributed by atoms with Crippen LogP contribution in [-0.2, 0) is 0 Å². The third-order valence-electron chi connectivity index (χ3n) is 4.17. The molecule has 0 aromatic rings. The van der Waals surface area contributed by atoms with Gasteiger partial charge in [0.1, 0.15) is 0 Å². The number of nitrogens with one attached hydrogen (secondary N) is 1. The topological polar surface area (TPSA) is 36.8 Å². The maximum atomic E-state index is 4.56. The van der Waals surface area contributed by atoms with Crippen molar-refractivity contribution in [3.05, 3.63) is 0 Å². The van der Waals surface area contributed by atoms with Crippen LogP contribution in [-0.4, -0.2) is 24.7 Å². The van der Waals surface area contributed by atoms with E-state index < -0.39 is 0 Å². The molecule has 3 nitrogen and oxygen atoms in total. The Morgan fingerprint density at radius 2 is 2.19 bits per heavy atom. The maximum absolute atomic E-state index is 4.56. The zero-order chi connectivity index (χ0) is 11.4. The molecule has 3 heteroatoms. The summed E-state index contributed by atoms with van der Waals surface area (Å²) < 4.78 is 0. The Morgan fingerprint density at radius 3 is 3.00 bits per heavy atom. The molecular formula is C13H25N3. The van der Waals surface area contributed by atoms with E-state index in [0.717, 1.165) is 12.5 Å². The lowest BCUT2D eigenvalue weighted by Gasteiger charge is -2.22. The van der Waals surface area contributed by atoms with Crippen LogP contribution >= 0.6 is 0 Å². The summed E-state index contributed by atoms with van der Waals surface area (Å²) in [4.78, 5) is 0. The molecule has 0 aromatic heterocycles. The van der Waals surface area contributed by atoms with Crippen LogP contribution in [0.1, 0.15) is 52.4 Å². The molecule has 0 radical (unpaired) electrons. The van der Waals surface area contributed by atoms with Gasteiger partial charge >= 0.3 is 0 Å². The number of fused-ring (bicyclic) bond motifs is 2.